The monoisotopic (exact) mass is 352 g/mol. The summed E-state index contributed by atoms with van der Waals surface area (Å²) in [4.78, 5) is 14.5. The van der Waals surface area contributed by atoms with Gasteiger partial charge in [-0.3, -0.25) is 4.79 Å². The Hall–Kier alpha value is -3.00. The van der Waals surface area contributed by atoms with E-state index in [1.807, 2.05) is 42.5 Å². The molecule has 0 heterocycles. The van der Waals surface area contributed by atoms with Crippen molar-refractivity contribution < 1.29 is 14.3 Å². The molecule has 0 saturated carbocycles. The van der Waals surface area contributed by atoms with Crippen LogP contribution >= 0.6 is 0 Å². The van der Waals surface area contributed by atoms with Crippen LogP contribution in [0, 0.1) is 11.3 Å². The molecule has 0 saturated heterocycles. The standard InChI is InChI=1S/C21H24N2O3/c1-17(26-20-12-7-6-11-19(20)25-2)21(24)23(15-8-14-22)16-13-18-9-4-3-5-10-18/h3-7,9-12,17H,8,13,15-16H2,1-2H3. The van der Waals surface area contributed by atoms with Gasteiger partial charge < -0.3 is 14.4 Å². The molecule has 0 spiro atoms. The van der Waals surface area contributed by atoms with E-state index in [0.717, 1.165) is 12.0 Å². The lowest BCUT2D eigenvalue weighted by atomic mass is 10.1. The molecule has 0 bridgehead atoms. The molecule has 26 heavy (non-hydrogen) atoms. The van der Waals surface area contributed by atoms with E-state index in [9.17, 15) is 4.79 Å². The summed E-state index contributed by atoms with van der Waals surface area (Å²) in [5.41, 5.74) is 1.15. The highest BCUT2D eigenvalue weighted by molar-refractivity contribution is 5.81. The molecule has 1 atom stereocenters. The zero-order valence-electron chi connectivity index (χ0n) is 15.2. The number of nitriles is 1. The Balaban J connectivity index is 2.03. The summed E-state index contributed by atoms with van der Waals surface area (Å²) < 4.78 is 11.1. The van der Waals surface area contributed by atoms with Gasteiger partial charge in [-0.15, -0.1) is 0 Å². The average molecular weight is 352 g/mol. The number of amides is 1. The van der Waals surface area contributed by atoms with Crippen LogP contribution in [0.25, 0.3) is 0 Å². The molecule has 0 radical (unpaired) electrons. The second-order valence-electron chi connectivity index (χ2n) is 5.88. The van der Waals surface area contributed by atoms with E-state index in [0.29, 0.717) is 31.0 Å². The number of rotatable bonds is 9. The molecule has 0 aliphatic carbocycles. The second-order valence-corrected chi connectivity index (χ2v) is 5.88. The zero-order chi connectivity index (χ0) is 18.8. The summed E-state index contributed by atoms with van der Waals surface area (Å²) in [6.07, 6.45) is 0.363. The molecule has 0 aliphatic rings. The molecule has 0 N–H and O–H groups in total. The fourth-order valence-corrected chi connectivity index (χ4v) is 2.64. The number of carbonyl (C=O) groups excluding carboxylic acids is 1. The van der Waals surface area contributed by atoms with Crippen molar-refractivity contribution in [2.24, 2.45) is 0 Å². The van der Waals surface area contributed by atoms with E-state index in [1.165, 1.54) is 0 Å². The summed E-state index contributed by atoms with van der Waals surface area (Å²) in [6.45, 7) is 2.66. The van der Waals surface area contributed by atoms with Crippen LogP contribution in [0.3, 0.4) is 0 Å². The molecule has 5 heteroatoms. The Morgan fingerprint density at radius 2 is 1.73 bits per heavy atom. The van der Waals surface area contributed by atoms with Crippen LogP contribution < -0.4 is 9.47 Å². The first-order chi connectivity index (χ1) is 12.7. The van der Waals surface area contributed by atoms with Gasteiger partial charge in [0.05, 0.1) is 19.6 Å². The lowest BCUT2D eigenvalue weighted by Gasteiger charge is -2.26. The number of hydrogen-bond donors (Lipinski definition) is 0. The predicted molar refractivity (Wildman–Crippen MR) is 100 cm³/mol. The maximum Gasteiger partial charge on any atom is 0.263 e. The van der Waals surface area contributed by atoms with Crippen LogP contribution in [-0.4, -0.2) is 37.1 Å². The summed E-state index contributed by atoms with van der Waals surface area (Å²) >= 11 is 0. The number of ether oxygens (including phenoxy) is 2. The van der Waals surface area contributed by atoms with Gasteiger partial charge in [-0.1, -0.05) is 42.5 Å². The van der Waals surface area contributed by atoms with E-state index < -0.39 is 6.10 Å². The molecule has 0 aromatic heterocycles. The lowest BCUT2D eigenvalue weighted by Crippen LogP contribution is -2.42. The summed E-state index contributed by atoms with van der Waals surface area (Å²) in [5.74, 6) is 0.973. The summed E-state index contributed by atoms with van der Waals surface area (Å²) in [5, 5.41) is 8.89. The van der Waals surface area contributed by atoms with Gasteiger partial charge in [-0.25, -0.2) is 0 Å². The number of nitrogens with zero attached hydrogens (tertiary/aromatic N) is 2. The minimum Gasteiger partial charge on any atom is -0.493 e. The van der Waals surface area contributed by atoms with E-state index in [-0.39, 0.29) is 5.91 Å². The van der Waals surface area contributed by atoms with Crippen molar-refractivity contribution in [3.8, 4) is 17.6 Å². The van der Waals surface area contributed by atoms with Crippen molar-refractivity contribution in [1.82, 2.24) is 4.90 Å². The van der Waals surface area contributed by atoms with Gasteiger partial charge in [0.25, 0.3) is 5.91 Å². The molecule has 0 aliphatic heterocycles. The highest BCUT2D eigenvalue weighted by Gasteiger charge is 2.22. The van der Waals surface area contributed by atoms with Crippen molar-refractivity contribution in [3.05, 3.63) is 60.2 Å². The van der Waals surface area contributed by atoms with Crippen LogP contribution in [0.4, 0.5) is 0 Å². The van der Waals surface area contributed by atoms with Crippen molar-refractivity contribution in [3.63, 3.8) is 0 Å². The quantitative estimate of drug-likeness (QED) is 0.693. The van der Waals surface area contributed by atoms with Crippen molar-refractivity contribution in [2.45, 2.75) is 25.9 Å². The number of hydrogen-bond acceptors (Lipinski definition) is 4. The molecule has 2 rings (SSSR count). The molecular weight excluding hydrogens is 328 g/mol. The molecule has 136 valence electrons. The summed E-state index contributed by atoms with van der Waals surface area (Å²) in [6, 6.07) is 19.3. The van der Waals surface area contributed by atoms with Crippen molar-refractivity contribution in [1.29, 1.82) is 5.26 Å². The minimum absolute atomic E-state index is 0.137. The first-order valence-corrected chi connectivity index (χ1v) is 8.65. The zero-order valence-corrected chi connectivity index (χ0v) is 15.2. The number of benzene rings is 2. The van der Waals surface area contributed by atoms with Crippen LogP contribution in [0.5, 0.6) is 11.5 Å². The SMILES string of the molecule is COc1ccccc1OC(C)C(=O)N(CCC#N)CCc1ccccc1. The van der Waals surface area contributed by atoms with Crippen molar-refractivity contribution in [2.75, 3.05) is 20.2 Å². The smallest absolute Gasteiger partial charge is 0.263 e. The van der Waals surface area contributed by atoms with Gasteiger partial charge in [0.15, 0.2) is 17.6 Å². The maximum atomic E-state index is 12.8. The average Bonchev–Trinajstić information content (AvgIpc) is 2.68. The van der Waals surface area contributed by atoms with E-state index in [1.54, 1.807) is 31.1 Å². The molecule has 1 amide bonds. The van der Waals surface area contributed by atoms with Gasteiger partial charge in [-0.05, 0) is 31.0 Å². The Morgan fingerprint density at radius 3 is 2.38 bits per heavy atom. The predicted octanol–water partition coefficient (Wildman–Crippen LogP) is 3.45. The molecule has 1 unspecified atom stereocenters. The van der Waals surface area contributed by atoms with Crippen LogP contribution in [0.2, 0.25) is 0 Å². The van der Waals surface area contributed by atoms with E-state index in [4.69, 9.17) is 14.7 Å². The topological polar surface area (TPSA) is 62.6 Å². The Bertz CT molecular complexity index is 740. The Morgan fingerprint density at radius 1 is 1.08 bits per heavy atom. The lowest BCUT2D eigenvalue weighted by molar-refractivity contribution is -0.137. The fraction of sp³-hybridized carbons (Fsp3) is 0.333. The van der Waals surface area contributed by atoms with Gasteiger partial charge in [0, 0.05) is 13.1 Å². The van der Waals surface area contributed by atoms with Crippen LogP contribution in [0.1, 0.15) is 18.9 Å². The third kappa shape index (κ3) is 5.52. The third-order valence-corrected chi connectivity index (χ3v) is 4.04. The second kappa shape index (κ2) is 10.1. The highest BCUT2D eigenvalue weighted by Crippen LogP contribution is 2.27. The normalized spacial score (nSPS) is 11.3. The fourth-order valence-electron chi connectivity index (χ4n) is 2.64. The van der Waals surface area contributed by atoms with Gasteiger partial charge in [0.1, 0.15) is 0 Å². The minimum atomic E-state index is -0.666. The molecule has 0 fully saturated rings. The van der Waals surface area contributed by atoms with Crippen LogP contribution in [-0.2, 0) is 11.2 Å². The first-order valence-electron chi connectivity index (χ1n) is 8.65. The number of carbonyl (C=O) groups is 1. The Labute approximate surface area is 154 Å². The van der Waals surface area contributed by atoms with Gasteiger partial charge >= 0.3 is 0 Å². The van der Waals surface area contributed by atoms with E-state index >= 15 is 0 Å². The van der Waals surface area contributed by atoms with Crippen molar-refractivity contribution >= 4 is 5.91 Å². The third-order valence-electron chi connectivity index (χ3n) is 4.04. The molecule has 2 aromatic rings. The molecule has 5 nitrogen and oxygen atoms in total. The highest BCUT2D eigenvalue weighted by atomic mass is 16.5. The van der Waals surface area contributed by atoms with Crippen LogP contribution in [0.15, 0.2) is 54.6 Å². The van der Waals surface area contributed by atoms with E-state index in [2.05, 4.69) is 6.07 Å². The maximum absolute atomic E-state index is 12.8. The van der Waals surface area contributed by atoms with Gasteiger partial charge in [0.2, 0.25) is 0 Å². The Kier molecular flexibility index (Phi) is 7.50. The largest absolute Gasteiger partial charge is 0.493 e. The number of para-hydroxylation sites is 2. The summed E-state index contributed by atoms with van der Waals surface area (Å²) in [7, 11) is 1.56. The molecule has 2 aromatic carbocycles. The first kappa shape index (κ1) is 19.3. The molecular formula is C21H24N2O3. The van der Waals surface area contributed by atoms with Gasteiger partial charge in [-0.2, -0.15) is 5.26 Å². The number of methoxy groups -OCH3 is 1.